The molecule has 0 fully saturated rings. The lowest BCUT2D eigenvalue weighted by molar-refractivity contribution is -0.135. The van der Waals surface area contributed by atoms with Gasteiger partial charge in [0.05, 0.1) is 0 Å². The third kappa shape index (κ3) is 2.78. The zero-order chi connectivity index (χ0) is 12.0. The fourth-order valence-corrected chi connectivity index (χ4v) is 1.19. The molecule has 0 saturated carbocycles. The Morgan fingerprint density at radius 3 is 2.88 bits per heavy atom. The van der Waals surface area contributed by atoms with Gasteiger partial charge in [0.25, 0.3) is 0 Å². The second-order valence-corrected chi connectivity index (χ2v) is 2.90. The maximum atomic E-state index is 10.7. The van der Waals surface area contributed by atoms with E-state index < -0.39 is 5.97 Å². The monoisotopic (exact) mass is 218 g/mol. The topological polar surface area (TPSA) is 90.1 Å². The number of hydrogen-bond acceptors (Lipinski definition) is 5. The zero-order valence-corrected chi connectivity index (χ0v) is 8.50. The molecule has 1 heterocycles. The smallest absolute Gasteiger partial charge is 0.323 e. The van der Waals surface area contributed by atoms with Crippen molar-refractivity contribution in [3.63, 3.8) is 0 Å². The zero-order valence-electron chi connectivity index (χ0n) is 8.50. The van der Waals surface area contributed by atoms with Crippen LogP contribution in [-0.4, -0.2) is 34.1 Å². The molecule has 0 aliphatic carbocycles. The van der Waals surface area contributed by atoms with Crippen LogP contribution in [-0.2, 0) is 4.79 Å². The molecule has 0 unspecified atom stereocenters. The SMILES string of the molecule is C=CCN(CC(=O)O)c1nccnc1C#N. The number of nitrogens with zero attached hydrogens (tertiary/aromatic N) is 4. The highest BCUT2D eigenvalue weighted by Crippen LogP contribution is 2.13. The van der Waals surface area contributed by atoms with Crippen LogP contribution in [0.15, 0.2) is 25.0 Å². The van der Waals surface area contributed by atoms with Crippen LogP contribution in [0, 0.1) is 11.3 Å². The number of aromatic nitrogens is 2. The molecule has 0 saturated heterocycles. The van der Waals surface area contributed by atoms with Crippen LogP contribution >= 0.6 is 0 Å². The highest BCUT2D eigenvalue weighted by Gasteiger charge is 2.15. The molecule has 0 aromatic carbocycles. The number of nitriles is 1. The van der Waals surface area contributed by atoms with Crippen molar-refractivity contribution in [1.82, 2.24) is 9.97 Å². The molecule has 16 heavy (non-hydrogen) atoms. The molecule has 1 aromatic rings. The van der Waals surface area contributed by atoms with Crippen molar-refractivity contribution >= 4 is 11.8 Å². The standard InChI is InChI=1S/C10H10N4O2/c1-2-5-14(7-9(15)16)10-8(6-11)12-3-4-13-10/h2-4H,1,5,7H2,(H,15,16). The van der Waals surface area contributed by atoms with Gasteiger partial charge in [0.2, 0.25) is 0 Å². The Labute approximate surface area is 92.5 Å². The van der Waals surface area contributed by atoms with Crippen LogP contribution in [0.3, 0.4) is 0 Å². The summed E-state index contributed by atoms with van der Waals surface area (Å²) in [7, 11) is 0. The normalized spacial score (nSPS) is 9.19. The maximum absolute atomic E-state index is 10.7. The fraction of sp³-hybridized carbons (Fsp3) is 0.200. The van der Waals surface area contributed by atoms with Crippen LogP contribution in [0.4, 0.5) is 5.82 Å². The van der Waals surface area contributed by atoms with Gasteiger partial charge in [0.1, 0.15) is 12.6 Å². The number of aliphatic carboxylic acids is 1. The molecule has 0 amide bonds. The van der Waals surface area contributed by atoms with Gasteiger partial charge in [0, 0.05) is 18.9 Å². The Balaban J connectivity index is 3.05. The third-order valence-electron chi connectivity index (χ3n) is 1.76. The second-order valence-electron chi connectivity index (χ2n) is 2.90. The van der Waals surface area contributed by atoms with Gasteiger partial charge < -0.3 is 10.0 Å². The van der Waals surface area contributed by atoms with Crippen LogP contribution in [0.5, 0.6) is 0 Å². The minimum absolute atomic E-state index is 0.102. The van der Waals surface area contributed by atoms with E-state index in [2.05, 4.69) is 16.5 Å². The third-order valence-corrected chi connectivity index (χ3v) is 1.76. The first kappa shape index (κ1) is 11.7. The van der Waals surface area contributed by atoms with Gasteiger partial charge in [0.15, 0.2) is 11.5 Å². The lowest BCUT2D eigenvalue weighted by Crippen LogP contribution is -2.31. The second kappa shape index (κ2) is 5.46. The quantitative estimate of drug-likeness (QED) is 0.720. The Morgan fingerprint density at radius 2 is 2.31 bits per heavy atom. The molecule has 6 heteroatoms. The fourth-order valence-electron chi connectivity index (χ4n) is 1.19. The summed E-state index contributed by atoms with van der Waals surface area (Å²) in [6.07, 6.45) is 4.34. The van der Waals surface area contributed by atoms with Gasteiger partial charge in [-0.1, -0.05) is 6.08 Å². The molecule has 1 N–H and O–H groups in total. The highest BCUT2D eigenvalue weighted by atomic mass is 16.4. The minimum Gasteiger partial charge on any atom is -0.480 e. The molecule has 0 bridgehead atoms. The number of carboxylic acids is 1. The van der Waals surface area contributed by atoms with Crippen molar-refractivity contribution in [2.24, 2.45) is 0 Å². The summed E-state index contributed by atoms with van der Waals surface area (Å²) in [6.45, 7) is 3.56. The van der Waals surface area contributed by atoms with Crippen molar-refractivity contribution in [3.8, 4) is 6.07 Å². The van der Waals surface area contributed by atoms with Gasteiger partial charge in [-0.05, 0) is 0 Å². The van der Waals surface area contributed by atoms with Crippen LogP contribution in [0.25, 0.3) is 0 Å². The van der Waals surface area contributed by atoms with E-state index in [0.717, 1.165) is 0 Å². The molecule has 0 spiro atoms. The Kier molecular flexibility index (Phi) is 3.98. The summed E-state index contributed by atoms with van der Waals surface area (Å²) in [5.74, 6) is -0.747. The first-order valence-electron chi connectivity index (χ1n) is 4.47. The lowest BCUT2D eigenvalue weighted by atomic mass is 10.3. The summed E-state index contributed by atoms with van der Waals surface area (Å²) in [5.41, 5.74) is 0.102. The van der Waals surface area contributed by atoms with Gasteiger partial charge in [-0.15, -0.1) is 6.58 Å². The highest BCUT2D eigenvalue weighted by molar-refractivity contribution is 5.73. The van der Waals surface area contributed by atoms with E-state index in [-0.39, 0.29) is 18.1 Å². The molecular weight excluding hydrogens is 208 g/mol. The lowest BCUT2D eigenvalue weighted by Gasteiger charge is -2.19. The number of carbonyl (C=O) groups is 1. The molecular formula is C10H10N4O2. The summed E-state index contributed by atoms with van der Waals surface area (Å²) >= 11 is 0. The predicted molar refractivity (Wildman–Crippen MR) is 56.8 cm³/mol. The molecule has 0 aliphatic heterocycles. The molecule has 6 nitrogen and oxygen atoms in total. The van der Waals surface area contributed by atoms with Crippen molar-refractivity contribution in [3.05, 3.63) is 30.7 Å². The molecule has 0 radical (unpaired) electrons. The predicted octanol–water partition coefficient (Wildman–Crippen LogP) is 0.425. The summed E-state index contributed by atoms with van der Waals surface area (Å²) in [4.78, 5) is 19.8. The summed E-state index contributed by atoms with van der Waals surface area (Å²) in [6, 6.07) is 1.87. The minimum atomic E-state index is -1.00. The van der Waals surface area contributed by atoms with E-state index in [1.807, 2.05) is 6.07 Å². The van der Waals surface area contributed by atoms with Crippen molar-refractivity contribution in [2.75, 3.05) is 18.0 Å². The van der Waals surface area contributed by atoms with Gasteiger partial charge in [-0.2, -0.15) is 5.26 Å². The average Bonchev–Trinajstić information content (AvgIpc) is 2.28. The summed E-state index contributed by atoms with van der Waals surface area (Å²) in [5, 5.41) is 17.5. The first-order chi connectivity index (χ1) is 7.69. The van der Waals surface area contributed by atoms with Crippen molar-refractivity contribution in [1.29, 1.82) is 5.26 Å². The van der Waals surface area contributed by atoms with E-state index in [4.69, 9.17) is 10.4 Å². The molecule has 0 aliphatic rings. The van der Waals surface area contributed by atoms with E-state index in [1.165, 1.54) is 17.3 Å². The Bertz CT molecular complexity index is 439. The molecule has 0 atom stereocenters. The van der Waals surface area contributed by atoms with Crippen molar-refractivity contribution < 1.29 is 9.90 Å². The molecule has 82 valence electrons. The van der Waals surface area contributed by atoms with Crippen LogP contribution in [0.2, 0.25) is 0 Å². The maximum Gasteiger partial charge on any atom is 0.323 e. The first-order valence-corrected chi connectivity index (χ1v) is 4.47. The van der Waals surface area contributed by atoms with E-state index >= 15 is 0 Å². The van der Waals surface area contributed by atoms with E-state index in [1.54, 1.807) is 6.08 Å². The largest absolute Gasteiger partial charge is 0.480 e. The van der Waals surface area contributed by atoms with Gasteiger partial charge >= 0.3 is 5.97 Å². The average molecular weight is 218 g/mol. The van der Waals surface area contributed by atoms with E-state index in [9.17, 15) is 4.79 Å². The molecule has 1 rings (SSSR count). The number of carboxylic acid groups (broad SMARTS) is 1. The number of hydrogen-bond donors (Lipinski definition) is 1. The Morgan fingerprint density at radius 1 is 1.62 bits per heavy atom. The van der Waals surface area contributed by atoms with Crippen LogP contribution in [0.1, 0.15) is 5.69 Å². The number of rotatable bonds is 5. The van der Waals surface area contributed by atoms with Crippen LogP contribution < -0.4 is 4.90 Å². The Hall–Kier alpha value is -2.42. The van der Waals surface area contributed by atoms with E-state index in [0.29, 0.717) is 6.54 Å². The number of anilines is 1. The summed E-state index contributed by atoms with van der Waals surface area (Å²) < 4.78 is 0. The van der Waals surface area contributed by atoms with Crippen molar-refractivity contribution in [2.45, 2.75) is 0 Å². The van der Waals surface area contributed by atoms with Gasteiger partial charge in [-0.25, -0.2) is 9.97 Å². The van der Waals surface area contributed by atoms with Gasteiger partial charge in [-0.3, -0.25) is 4.79 Å². The molecule has 1 aromatic heterocycles.